The maximum Gasteiger partial charge on any atom is 0.213 e. The van der Waals surface area contributed by atoms with Crippen LogP contribution in [0, 0.1) is 11.3 Å². The van der Waals surface area contributed by atoms with E-state index in [1.807, 2.05) is 6.07 Å². The van der Waals surface area contributed by atoms with Crippen LogP contribution in [0.1, 0.15) is 15.2 Å². The van der Waals surface area contributed by atoms with Crippen LogP contribution in [0.4, 0.5) is 0 Å². The molecule has 0 spiro atoms. The summed E-state index contributed by atoms with van der Waals surface area (Å²) in [6, 6.07) is 10.2. The maximum absolute atomic E-state index is 12.1. The highest BCUT2D eigenvalue weighted by atomic mass is 79.9. The SMILES string of the molecule is N#C/C(=C\c1ccc(O)c(Br)c1)C(=O)c1cccs1. The molecule has 1 aromatic heterocycles. The third-order valence-electron chi connectivity index (χ3n) is 2.39. The number of nitrogens with zero attached hydrogens (tertiary/aromatic N) is 1. The van der Waals surface area contributed by atoms with Gasteiger partial charge in [-0.25, -0.2) is 0 Å². The lowest BCUT2D eigenvalue weighted by Crippen LogP contribution is -1.98. The molecule has 3 nitrogen and oxygen atoms in total. The van der Waals surface area contributed by atoms with Crippen LogP contribution in [0.2, 0.25) is 0 Å². The fourth-order valence-electron chi connectivity index (χ4n) is 1.47. The van der Waals surface area contributed by atoms with Crippen LogP contribution in [-0.4, -0.2) is 10.9 Å². The van der Waals surface area contributed by atoms with Crippen molar-refractivity contribution in [2.24, 2.45) is 0 Å². The van der Waals surface area contributed by atoms with E-state index in [2.05, 4.69) is 15.9 Å². The first-order valence-corrected chi connectivity index (χ1v) is 6.97. The van der Waals surface area contributed by atoms with Crippen molar-refractivity contribution in [1.82, 2.24) is 0 Å². The average Bonchev–Trinajstić information content (AvgIpc) is 2.93. The van der Waals surface area contributed by atoms with Gasteiger partial charge in [-0.1, -0.05) is 12.1 Å². The number of aromatic hydroxyl groups is 1. The van der Waals surface area contributed by atoms with E-state index >= 15 is 0 Å². The number of carbonyl (C=O) groups excluding carboxylic acids is 1. The quantitative estimate of drug-likeness (QED) is 0.524. The number of phenols is 1. The molecule has 0 radical (unpaired) electrons. The zero-order valence-electron chi connectivity index (χ0n) is 9.63. The third kappa shape index (κ3) is 3.11. The molecular weight excluding hydrogens is 326 g/mol. The molecule has 0 aliphatic carbocycles. The molecule has 0 aliphatic heterocycles. The molecule has 0 unspecified atom stereocenters. The van der Waals surface area contributed by atoms with Gasteiger partial charge in [-0.2, -0.15) is 5.26 Å². The highest BCUT2D eigenvalue weighted by Gasteiger charge is 2.13. The molecule has 0 saturated carbocycles. The Morgan fingerprint density at radius 3 is 2.79 bits per heavy atom. The molecule has 0 amide bonds. The van der Waals surface area contributed by atoms with E-state index in [0.717, 1.165) is 0 Å². The lowest BCUT2D eigenvalue weighted by atomic mass is 10.1. The summed E-state index contributed by atoms with van der Waals surface area (Å²) in [7, 11) is 0. The number of halogens is 1. The molecule has 2 aromatic rings. The van der Waals surface area contributed by atoms with Gasteiger partial charge >= 0.3 is 0 Å². The smallest absolute Gasteiger partial charge is 0.213 e. The third-order valence-corrected chi connectivity index (χ3v) is 3.90. The number of Topliss-reactive ketones (excluding diaryl/α,β-unsaturated/α-hetero) is 1. The summed E-state index contributed by atoms with van der Waals surface area (Å²) >= 11 is 4.49. The molecule has 2 rings (SSSR count). The molecule has 5 heteroatoms. The number of hydrogen-bond acceptors (Lipinski definition) is 4. The van der Waals surface area contributed by atoms with Crippen LogP contribution in [0.5, 0.6) is 5.75 Å². The number of hydrogen-bond donors (Lipinski definition) is 1. The molecule has 0 saturated heterocycles. The van der Waals surface area contributed by atoms with Crippen molar-refractivity contribution in [2.45, 2.75) is 0 Å². The summed E-state index contributed by atoms with van der Waals surface area (Å²) < 4.78 is 0.516. The van der Waals surface area contributed by atoms with Crippen molar-refractivity contribution >= 4 is 39.1 Å². The fourth-order valence-corrected chi connectivity index (χ4v) is 2.54. The fraction of sp³-hybridized carbons (Fsp3) is 0. The van der Waals surface area contributed by atoms with Crippen molar-refractivity contribution in [2.75, 3.05) is 0 Å². The van der Waals surface area contributed by atoms with Crippen LogP contribution < -0.4 is 0 Å². The summed E-state index contributed by atoms with van der Waals surface area (Å²) in [5, 5.41) is 20.3. The maximum atomic E-state index is 12.1. The van der Waals surface area contributed by atoms with E-state index in [1.165, 1.54) is 23.5 Å². The predicted molar refractivity (Wildman–Crippen MR) is 78.0 cm³/mol. The molecule has 0 atom stereocenters. The first-order valence-electron chi connectivity index (χ1n) is 5.30. The van der Waals surface area contributed by atoms with Gasteiger partial charge in [0.1, 0.15) is 17.4 Å². The standard InChI is InChI=1S/C14H8BrNO2S/c15-11-7-9(3-4-12(11)17)6-10(8-16)14(18)13-2-1-5-19-13/h1-7,17H/b10-6+. The molecule has 1 aromatic carbocycles. The van der Waals surface area contributed by atoms with Gasteiger partial charge in [0.25, 0.3) is 0 Å². The van der Waals surface area contributed by atoms with E-state index in [1.54, 1.807) is 29.6 Å². The Labute approximate surface area is 122 Å². The first-order chi connectivity index (χ1) is 9.11. The summed E-state index contributed by atoms with van der Waals surface area (Å²) in [4.78, 5) is 12.6. The average molecular weight is 334 g/mol. The number of carbonyl (C=O) groups is 1. The van der Waals surface area contributed by atoms with E-state index in [4.69, 9.17) is 5.26 Å². The molecule has 0 bridgehead atoms. The molecule has 94 valence electrons. The highest BCUT2D eigenvalue weighted by Crippen LogP contribution is 2.25. The second-order valence-electron chi connectivity index (χ2n) is 3.69. The van der Waals surface area contributed by atoms with Crippen LogP contribution in [0.15, 0.2) is 45.8 Å². The van der Waals surface area contributed by atoms with Crippen LogP contribution in [0.3, 0.4) is 0 Å². The summed E-state index contributed by atoms with van der Waals surface area (Å²) in [6.07, 6.45) is 1.51. The van der Waals surface area contributed by atoms with Crippen LogP contribution in [0.25, 0.3) is 6.08 Å². The number of allylic oxidation sites excluding steroid dienone is 1. The number of ketones is 1. The van der Waals surface area contributed by atoms with Gasteiger partial charge in [-0.15, -0.1) is 11.3 Å². The van der Waals surface area contributed by atoms with Crippen LogP contribution >= 0.6 is 27.3 Å². The highest BCUT2D eigenvalue weighted by molar-refractivity contribution is 9.10. The number of rotatable bonds is 3. The predicted octanol–water partition coefficient (Wildman–Crippen LogP) is 4.01. The minimum Gasteiger partial charge on any atom is -0.507 e. The molecule has 1 heterocycles. The Balaban J connectivity index is 2.37. The van der Waals surface area contributed by atoms with Gasteiger partial charge in [-0.3, -0.25) is 4.79 Å². The summed E-state index contributed by atoms with van der Waals surface area (Å²) in [5.41, 5.74) is 0.742. The second kappa shape index (κ2) is 5.83. The largest absolute Gasteiger partial charge is 0.507 e. The number of thiophene rings is 1. The van der Waals surface area contributed by atoms with Crippen molar-refractivity contribution in [3.8, 4) is 11.8 Å². The van der Waals surface area contributed by atoms with E-state index < -0.39 is 0 Å². The monoisotopic (exact) mass is 333 g/mol. The van der Waals surface area contributed by atoms with Crippen molar-refractivity contribution in [1.29, 1.82) is 5.26 Å². The Kier molecular flexibility index (Phi) is 4.15. The minimum absolute atomic E-state index is 0.0695. The zero-order valence-corrected chi connectivity index (χ0v) is 12.0. The Morgan fingerprint density at radius 2 is 2.21 bits per heavy atom. The second-order valence-corrected chi connectivity index (χ2v) is 5.49. The van der Waals surface area contributed by atoms with Gasteiger partial charge in [-0.05, 0) is 51.1 Å². The van der Waals surface area contributed by atoms with Crippen molar-refractivity contribution in [3.63, 3.8) is 0 Å². The minimum atomic E-state index is -0.290. The molecule has 0 aliphatic rings. The van der Waals surface area contributed by atoms with Crippen LogP contribution in [-0.2, 0) is 0 Å². The molecule has 0 fully saturated rings. The summed E-state index contributed by atoms with van der Waals surface area (Å²) in [5.74, 6) is -0.179. The van der Waals surface area contributed by atoms with Gasteiger partial charge in [0.15, 0.2) is 0 Å². The van der Waals surface area contributed by atoms with Gasteiger partial charge in [0.05, 0.1) is 9.35 Å². The van der Waals surface area contributed by atoms with E-state index in [0.29, 0.717) is 14.9 Å². The number of phenolic OH excluding ortho intramolecular Hbond substituents is 1. The van der Waals surface area contributed by atoms with Gasteiger partial charge in [0.2, 0.25) is 5.78 Å². The Morgan fingerprint density at radius 1 is 1.42 bits per heavy atom. The Bertz CT molecular complexity index is 684. The topological polar surface area (TPSA) is 61.1 Å². The van der Waals surface area contributed by atoms with Gasteiger partial charge < -0.3 is 5.11 Å². The molecule has 19 heavy (non-hydrogen) atoms. The zero-order chi connectivity index (χ0) is 13.8. The van der Waals surface area contributed by atoms with Crippen molar-refractivity contribution < 1.29 is 9.90 Å². The lowest BCUT2D eigenvalue weighted by molar-refractivity contribution is 0.104. The van der Waals surface area contributed by atoms with Crippen molar-refractivity contribution in [3.05, 3.63) is 56.2 Å². The molecule has 1 N–H and O–H groups in total. The van der Waals surface area contributed by atoms with E-state index in [9.17, 15) is 9.90 Å². The number of nitriles is 1. The summed E-state index contributed by atoms with van der Waals surface area (Å²) in [6.45, 7) is 0. The Hall–Kier alpha value is -1.90. The molecular formula is C14H8BrNO2S. The number of benzene rings is 1. The first kappa shape index (κ1) is 13.5. The lowest BCUT2D eigenvalue weighted by Gasteiger charge is -2.00. The van der Waals surface area contributed by atoms with Gasteiger partial charge in [0, 0.05) is 0 Å². The van der Waals surface area contributed by atoms with E-state index in [-0.39, 0.29) is 17.1 Å². The normalized spacial score (nSPS) is 11.1.